The maximum atomic E-state index is 13.8. The Morgan fingerprint density at radius 1 is 1.50 bits per heavy atom. The van der Waals surface area contributed by atoms with Crippen LogP contribution in [0.4, 0.5) is 4.39 Å². The third-order valence-electron chi connectivity index (χ3n) is 3.87. The molecule has 0 amide bonds. The molecular formula is C13H18BFS. The number of hydrogen-bond acceptors (Lipinski definition) is 1. The molecule has 1 aromatic rings. The summed E-state index contributed by atoms with van der Waals surface area (Å²) in [7, 11) is 0. The molecule has 1 aliphatic rings. The van der Waals surface area contributed by atoms with Gasteiger partial charge in [0.15, 0.2) is 0 Å². The summed E-state index contributed by atoms with van der Waals surface area (Å²) < 4.78 is 13.8. The maximum absolute atomic E-state index is 13.8. The summed E-state index contributed by atoms with van der Waals surface area (Å²) in [6, 6.07) is 3.59. The minimum atomic E-state index is -0.0467. The highest BCUT2D eigenvalue weighted by Gasteiger charge is 2.27. The van der Waals surface area contributed by atoms with Crippen molar-refractivity contribution in [2.75, 3.05) is 5.75 Å². The molecule has 0 nitrogen and oxygen atoms in total. The molecule has 0 spiro atoms. The van der Waals surface area contributed by atoms with Crippen molar-refractivity contribution in [2.24, 2.45) is 0 Å². The first-order valence-corrected chi connectivity index (χ1v) is 6.66. The van der Waals surface area contributed by atoms with Crippen LogP contribution in [0, 0.1) is 5.82 Å². The molecule has 1 unspecified atom stereocenters. The van der Waals surface area contributed by atoms with Crippen LogP contribution in [0.5, 0.6) is 0 Å². The molecule has 16 heavy (non-hydrogen) atoms. The predicted octanol–water partition coefficient (Wildman–Crippen LogP) is 3.45. The fourth-order valence-corrected chi connectivity index (χ4v) is 2.84. The number of benzene rings is 1. The second-order valence-electron chi connectivity index (χ2n) is 5.00. The van der Waals surface area contributed by atoms with E-state index >= 15 is 0 Å². The van der Waals surface area contributed by atoms with Gasteiger partial charge in [-0.1, -0.05) is 25.6 Å². The Kier molecular flexibility index (Phi) is 3.63. The Balaban J connectivity index is 2.43. The third-order valence-corrected chi connectivity index (χ3v) is 4.10. The van der Waals surface area contributed by atoms with Gasteiger partial charge in [0.25, 0.3) is 0 Å². The van der Waals surface area contributed by atoms with E-state index in [4.69, 9.17) is 0 Å². The van der Waals surface area contributed by atoms with Crippen molar-refractivity contribution in [2.45, 2.75) is 38.7 Å². The molecule has 0 radical (unpaired) electrons. The number of thiol groups is 1. The van der Waals surface area contributed by atoms with Crippen LogP contribution < -0.4 is 0 Å². The van der Waals surface area contributed by atoms with Crippen LogP contribution >= 0.6 is 12.6 Å². The highest BCUT2D eigenvalue weighted by molar-refractivity contribution is 7.80. The average Bonchev–Trinajstić information content (AvgIpc) is 2.25. The van der Waals surface area contributed by atoms with Crippen molar-refractivity contribution < 1.29 is 4.39 Å². The van der Waals surface area contributed by atoms with Crippen molar-refractivity contribution in [3.8, 4) is 0 Å². The Morgan fingerprint density at radius 2 is 2.25 bits per heavy atom. The Hall–Kier alpha value is -0.435. The van der Waals surface area contributed by atoms with Crippen LogP contribution in [-0.2, 0) is 19.2 Å². The minimum Gasteiger partial charge on any atom is -0.207 e. The highest BCUT2D eigenvalue weighted by Crippen LogP contribution is 2.32. The Bertz CT molecular complexity index is 392. The molecule has 0 bridgehead atoms. The standard InChI is InChI=1S/C13H18BFS/c1-9-7-10-3-4-13(15)11(5-6-16)12(10)8-14(9)2/h3-4,9,16H,5-8H2,1-2H3. The quantitative estimate of drug-likeness (QED) is 0.590. The second kappa shape index (κ2) is 4.83. The van der Waals surface area contributed by atoms with Gasteiger partial charge in [0.1, 0.15) is 12.5 Å². The van der Waals surface area contributed by atoms with E-state index in [0.29, 0.717) is 12.5 Å². The smallest absolute Gasteiger partial charge is 0.144 e. The van der Waals surface area contributed by atoms with Crippen LogP contribution in [0.3, 0.4) is 0 Å². The maximum Gasteiger partial charge on any atom is 0.144 e. The lowest BCUT2D eigenvalue weighted by molar-refractivity contribution is 0.607. The molecule has 2 rings (SSSR count). The topological polar surface area (TPSA) is 0 Å². The lowest BCUT2D eigenvalue weighted by Crippen LogP contribution is -2.27. The number of rotatable bonds is 2. The van der Waals surface area contributed by atoms with E-state index in [-0.39, 0.29) is 5.82 Å². The van der Waals surface area contributed by atoms with E-state index in [1.807, 2.05) is 6.07 Å². The van der Waals surface area contributed by atoms with Crippen molar-refractivity contribution in [3.63, 3.8) is 0 Å². The SMILES string of the molecule is CB1Cc2c(ccc(F)c2CCS)CC1C. The van der Waals surface area contributed by atoms with Gasteiger partial charge in [0.2, 0.25) is 0 Å². The summed E-state index contributed by atoms with van der Waals surface area (Å²) in [4.78, 5) is 0. The molecule has 86 valence electrons. The minimum absolute atomic E-state index is 0.0467. The monoisotopic (exact) mass is 236 g/mol. The summed E-state index contributed by atoms with van der Waals surface area (Å²) in [5.41, 5.74) is 3.52. The number of hydrogen-bond donors (Lipinski definition) is 1. The molecule has 0 fully saturated rings. The van der Waals surface area contributed by atoms with Gasteiger partial charge in [-0.3, -0.25) is 0 Å². The molecule has 0 aliphatic carbocycles. The van der Waals surface area contributed by atoms with Gasteiger partial charge in [0, 0.05) is 0 Å². The van der Waals surface area contributed by atoms with Gasteiger partial charge in [-0.05, 0) is 47.7 Å². The van der Waals surface area contributed by atoms with Crippen LogP contribution in [0.15, 0.2) is 12.1 Å². The normalized spacial score (nSPS) is 19.8. The van der Waals surface area contributed by atoms with E-state index in [0.717, 1.165) is 30.5 Å². The molecule has 1 heterocycles. The highest BCUT2D eigenvalue weighted by atomic mass is 32.1. The van der Waals surface area contributed by atoms with Crippen molar-refractivity contribution >= 4 is 19.3 Å². The molecule has 0 saturated heterocycles. The molecule has 3 heteroatoms. The molecule has 0 saturated carbocycles. The molecular weight excluding hydrogens is 218 g/mol. The Labute approximate surface area is 103 Å². The summed E-state index contributed by atoms with van der Waals surface area (Å²) in [5.74, 6) is 1.38. The van der Waals surface area contributed by atoms with E-state index < -0.39 is 0 Å². The number of halogens is 1. The van der Waals surface area contributed by atoms with E-state index in [1.54, 1.807) is 6.07 Å². The first-order chi connectivity index (χ1) is 7.63. The first-order valence-electron chi connectivity index (χ1n) is 6.03. The number of fused-ring (bicyclic) bond motifs is 1. The van der Waals surface area contributed by atoms with Gasteiger partial charge in [-0.2, -0.15) is 12.6 Å². The van der Waals surface area contributed by atoms with Crippen molar-refractivity contribution in [1.29, 1.82) is 0 Å². The fraction of sp³-hybridized carbons (Fsp3) is 0.538. The van der Waals surface area contributed by atoms with Crippen LogP contribution in [-0.4, -0.2) is 12.5 Å². The van der Waals surface area contributed by atoms with Crippen LogP contribution in [0.2, 0.25) is 12.6 Å². The average molecular weight is 236 g/mol. The molecule has 0 N–H and O–H groups in total. The fourth-order valence-electron chi connectivity index (χ4n) is 2.61. The zero-order valence-electron chi connectivity index (χ0n) is 9.96. The summed E-state index contributed by atoms with van der Waals surface area (Å²) in [6.45, 7) is 5.21. The molecule has 0 aromatic heterocycles. The first kappa shape index (κ1) is 12.0. The lowest BCUT2D eigenvalue weighted by Gasteiger charge is -2.28. The van der Waals surface area contributed by atoms with Gasteiger partial charge >= 0.3 is 0 Å². The summed E-state index contributed by atoms with van der Waals surface area (Å²) in [6.07, 6.45) is 2.87. The second-order valence-corrected chi connectivity index (χ2v) is 5.45. The lowest BCUT2D eigenvalue weighted by atomic mass is 9.37. The van der Waals surface area contributed by atoms with E-state index in [9.17, 15) is 4.39 Å². The van der Waals surface area contributed by atoms with Gasteiger partial charge in [-0.15, -0.1) is 0 Å². The van der Waals surface area contributed by atoms with Crippen molar-refractivity contribution in [1.82, 2.24) is 0 Å². The molecule has 1 aliphatic heterocycles. The summed E-state index contributed by atoms with van der Waals surface area (Å²) >= 11 is 4.22. The van der Waals surface area contributed by atoms with Gasteiger partial charge in [-0.25, -0.2) is 4.39 Å². The van der Waals surface area contributed by atoms with E-state index in [1.165, 1.54) is 11.1 Å². The zero-order chi connectivity index (χ0) is 11.7. The van der Waals surface area contributed by atoms with E-state index in [2.05, 4.69) is 26.4 Å². The largest absolute Gasteiger partial charge is 0.207 e. The van der Waals surface area contributed by atoms with Crippen LogP contribution in [0.25, 0.3) is 0 Å². The molecule has 1 atom stereocenters. The van der Waals surface area contributed by atoms with Crippen LogP contribution in [0.1, 0.15) is 23.6 Å². The predicted molar refractivity (Wildman–Crippen MR) is 72.4 cm³/mol. The summed E-state index contributed by atoms with van der Waals surface area (Å²) in [5, 5.41) is 0. The van der Waals surface area contributed by atoms with Gasteiger partial charge < -0.3 is 0 Å². The Morgan fingerprint density at radius 3 is 2.94 bits per heavy atom. The molecule has 1 aromatic carbocycles. The van der Waals surface area contributed by atoms with Crippen molar-refractivity contribution in [3.05, 3.63) is 34.6 Å². The van der Waals surface area contributed by atoms with Gasteiger partial charge in [0.05, 0.1) is 0 Å². The zero-order valence-corrected chi connectivity index (χ0v) is 10.9. The third kappa shape index (κ3) is 2.15.